The summed E-state index contributed by atoms with van der Waals surface area (Å²) >= 11 is 0. The van der Waals surface area contributed by atoms with Gasteiger partial charge in [0, 0.05) is 5.92 Å². The van der Waals surface area contributed by atoms with Gasteiger partial charge in [0.25, 0.3) is 5.91 Å². The van der Waals surface area contributed by atoms with E-state index in [-0.39, 0.29) is 23.9 Å². The number of ether oxygens (including phenoxy) is 2. The number of benzene rings is 2. The van der Waals surface area contributed by atoms with Gasteiger partial charge in [0.2, 0.25) is 0 Å². The van der Waals surface area contributed by atoms with Crippen LogP contribution in [0.15, 0.2) is 47.6 Å². The smallest absolute Gasteiger partial charge is 0.258 e. The molecule has 1 aliphatic carbocycles. The standard InChI is InChI=1S/C21H24N4O3/c1-27-17-10-7-13(11-18(17)28-2)12-22-25-21(26)20-16-9-8-14-5-3-4-6-15(14)19(16)23-24-20/h3-7,10-12,16,19-20,23-24H,8-9H2,1-2H3,(H,25,26)/b22-12+. The maximum atomic E-state index is 12.7. The number of methoxy groups -OCH3 is 2. The zero-order valence-electron chi connectivity index (χ0n) is 15.9. The highest BCUT2D eigenvalue weighted by molar-refractivity contribution is 5.86. The summed E-state index contributed by atoms with van der Waals surface area (Å²) in [4.78, 5) is 12.7. The molecule has 146 valence electrons. The summed E-state index contributed by atoms with van der Waals surface area (Å²) in [5, 5.41) is 4.11. The van der Waals surface area contributed by atoms with E-state index in [1.807, 2.05) is 12.1 Å². The van der Waals surface area contributed by atoms with E-state index in [1.165, 1.54) is 11.1 Å². The van der Waals surface area contributed by atoms with Crippen molar-refractivity contribution in [3.8, 4) is 11.5 Å². The van der Waals surface area contributed by atoms with Crippen LogP contribution in [0.3, 0.4) is 0 Å². The molecule has 1 saturated heterocycles. The Labute approximate surface area is 164 Å². The molecule has 0 saturated carbocycles. The topological polar surface area (TPSA) is 84.0 Å². The van der Waals surface area contributed by atoms with Gasteiger partial charge in [0.05, 0.1) is 26.5 Å². The van der Waals surface area contributed by atoms with E-state index in [9.17, 15) is 4.79 Å². The Morgan fingerprint density at radius 3 is 2.79 bits per heavy atom. The summed E-state index contributed by atoms with van der Waals surface area (Å²) in [6.45, 7) is 0. The molecule has 2 aromatic rings. The van der Waals surface area contributed by atoms with Gasteiger partial charge in [-0.05, 0) is 47.7 Å². The van der Waals surface area contributed by atoms with Crippen molar-refractivity contribution in [1.82, 2.24) is 16.3 Å². The summed E-state index contributed by atoms with van der Waals surface area (Å²) in [6, 6.07) is 13.7. The van der Waals surface area contributed by atoms with Gasteiger partial charge in [-0.1, -0.05) is 24.3 Å². The van der Waals surface area contributed by atoms with Crippen LogP contribution in [-0.4, -0.2) is 32.4 Å². The second kappa shape index (κ2) is 8.00. The number of nitrogens with zero attached hydrogens (tertiary/aromatic N) is 1. The third kappa shape index (κ3) is 3.46. The van der Waals surface area contributed by atoms with E-state index >= 15 is 0 Å². The van der Waals surface area contributed by atoms with Gasteiger partial charge >= 0.3 is 0 Å². The number of hydrazone groups is 1. The fourth-order valence-electron chi connectivity index (χ4n) is 4.05. The molecular formula is C21H24N4O3. The van der Waals surface area contributed by atoms with Crippen molar-refractivity contribution in [2.24, 2.45) is 11.0 Å². The number of hydrogen-bond donors (Lipinski definition) is 3. The Balaban J connectivity index is 1.41. The van der Waals surface area contributed by atoms with Crippen LogP contribution in [0.4, 0.5) is 0 Å². The molecule has 1 heterocycles. The van der Waals surface area contributed by atoms with E-state index in [4.69, 9.17) is 9.47 Å². The molecule has 28 heavy (non-hydrogen) atoms. The molecule has 7 heteroatoms. The van der Waals surface area contributed by atoms with Gasteiger partial charge in [-0.15, -0.1) is 0 Å². The second-order valence-corrected chi connectivity index (χ2v) is 6.99. The van der Waals surface area contributed by atoms with Gasteiger partial charge in [-0.2, -0.15) is 5.10 Å². The van der Waals surface area contributed by atoms with Gasteiger partial charge < -0.3 is 9.47 Å². The molecule has 1 fully saturated rings. The van der Waals surface area contributed by atoms with E-state index in [0.717, 1.165) is 18.4 Å². The number of nitrogens with one attached hydrogen (secondary N) is 3. The maximum absolute atomic E-state index is 12.7. The summed E-state index contributed by atoms with van der Waals surface area (Å²) in [6.07, 6.45) is 3.54. The van der Waals surface area contributed by atoms with Crippen LogP contribution in [0.2, 0.25) is 0 Å². The lowest BCUT2D eigenvalue weighted by Crippen LogP contribution is -2.44. The molecule has 4 rings (SSSR count). The average molecular weight is 380 g/mol. The molecule has 0 spiro atoms. The fraction of sp³-hybridized carbons (Fsp3) is 0.333. The lowest BCUT2D eigenvalue weighted by Gasteiger charge is -2.29. The number of hydrazine groups is 1. The summed E-state index contributed by atoms with van der Waals surface area (Å²) in [7, 11) is 3.17. The fourth-order valence-corrected chi connectivity index (χ4v) is 4.05. The average Bonchev–Trinajstić information content (AvgIpc) is 3.18. The van der Waals surface area contributed by atoms with Crippen LogP contribution in [-0.2, 0) is 11.2 Å². The monoisotopic (exact) mass is 380 g/mol. The first kappa shape index (κ1) is 18.5. The van der Waals surface area contributed by atoms with Crippen molar-refractivity contribution in [3.63, 3.8) is 0 Å². The van der Waals surface area contributed by atoms with Crippen molar-refractivity contribution in [2.45, 2.75) is 24.9 Å². The number of fused-ring (bicyclic) bond motifs is 3. The highest BCUT2D eigenvalue weighted by Crippen LogP contribution is 2.38. The minimum absolute atomic E-state index is 0.142. The number of carbonyl (C=O) groups excluding carboxylic acids is 1. The molecule has 1 amide bonds. The molecule has 0 radical (unpaired) electrons. The van der Waals surface area contributed by atoms with Crippen LogP contribution in [0.5, 0.6) is 11.5 Å². The van der Waals surface area contributed by atoms with E-state index in [0.29, 0.717) is 11.5 Å². The zero-order chi connectivity index (χ0) is 19.5. The molecule has 3 N–H and O–H groups in total. The first-order valence-corrected chi connectivity index (χ1v) is 9.35. The third-order valence-corrected chi connectivity index (χ3v) is 5.47. The quantitative estimate of drug-likeness (QED) is 0.545. The Morgan fingerprint density at radius 2 is 1.96 bits per heavy atom. The van der Waals surface area contributed by atoms with E-state index in [1.54, 1.807) is 32.6 Å². The predicted molar refractivity (Wildman–Crippen MR) is 106 cm³/mol. The lowest BCUT2D eigenvalue weighted by molar-refractivity contribution is -0.123. The SMILES string of the molecule is COc1ccc(/C=N/NC(=O)C2NNC3c4ccccc4CCC23)cc1OC. The predicted octanol–water partition coefficient (Wildman–Crippen LogP) is 1.93. The molecule has 3 unspecified atom stereocenters. The first-order chi connectivity index (χ1) is 13.7. The first-order valence-electron chi connectivity index (χ1n) is 9.35. The van der Waals surface area contributed by atoms with Crippen LogP contribution >= 0.6 is 0 Å². The number of carbonyl (C=O) groups is 1. The van der Waals surface area contributed by atoms with Crippen molar-refractivity contribution in [2.75, 3.05) is 14.2 Å². The molecule has 7 nitrogen and oxygen atoms in total. The van der Waals surface area contributed by atoms with Gasteiger partial charge in [-0.25, -0.2) is 16.3 Å². The number of hydrogen-bond acceptors (Lipinski definition) is 6. The van der Waals surface area contributed by atoms with Crippen LogP contribution in [0, 0.1) is 5.92 Å². The molecule has 0 aromatic heterocycles. The molecule has 3 atom stereocenters. The molecule has 2 aromatic carbocycles. The normalized spacial score (nSPS) is 23.1. The minimum Gasteiger partial charge on any atom is -0.493 e. The molecule has 0 bridgehead atoms. The van der Waals surface area contributed by atoms with Gasteiger partial charge in [-0.3, -0.25) is 4.79 Å². The number of amides is 1. The molecule has 2 aliphatic rings. The zero-order valence-corrected chi connectivity index (χ0v) is 15.9. The van der Waals surface area contributed by atoms with Crippen LogP contribution in [0.25, 0.3) is 0 Å². The Kier molecular flexibility index (Phi) is 5.27. The van der Waals surface area contributed by atoms with Crippen LogP contribution in [0.1, 0.15) is 29.2 Å². The van der Waals surface area contributed by atoms with Crippen molar-refractivity contribution in [1.29, 1.82) is 0 Å². The summed E-state index contributed by atoms with van der Waals surface area (Å²) in [5.41, 5.74) is 12.5. The number of rotatable bonds is 5. The Hall–Kier alpha value is -2.90. The second-order valence-electron chi connectivity index (χ2n) is 6.99. The highest BCUT2D eigenvalue weighted by Gasteiger charge is 2.43. The molecular weight excluding hydrogens is 356 g/mol. The van der Waals surface area contributed by atoms with Crippen molar-refractivity contribution >= 4 is 12.1 Å². The highest BCUT2D eigenvalue weighted by atomic mass is 16.5. The minimum atomic E-state index is -0.319. The van der Waals surface area contributed by atoms with E-state index in [2.05, 4.69) is 39.6 Å². The van der Waals surface area contributed by atoms with Crippen molar-refractivity contribution in [3.05, 3.63) is 59.2 Å². The summed E-state index contributed by atoms with van der Waals surface area (Å²) < 4.78 is 10.5. The van der Waals surface area contributed by atoms with Gasteiger partial charge in [0.15, 0.2) is 11.5 Å². The Bertz CT molecular complexity index is 899. The maximum Gasteiger partial charge on any atom is 0.258 e. The lowest BCUT2D eigenvalue weighted by atomic mass is 9.77. The number of aryl methyl sites for hydroxylation is 1. The summed E-state index contributed by atoms with van der Waals surface area (Å²) in [5.74, 6) is 1.32. The van der Waals surface area contributed by atoms with Gasteiger partial charge in [0.1, 0.15) is 6.04 Å². The largest absolute Gasteiger partial charge is 0.493 e. The van der Waals surface area contributed by atoms with E-state index < -0.39 is 0 Å². The third-order valence-electron chi connectivity index (χ3n) is 5.47. The van der Waals surface area contributed by atoms with Crippen LogP contribution < -0.4 is 25.8 Å². The molecule has 1 aliphatic heterocycles. The Morgan fingerprint density at radius 1 is 1.14 bits per heavy atom. The van der Waals surface area contributed by atoms with Crippen molar-refractivity contribution < 1.29 is 14.3 Å².